The van der Waals surface area contributed by atoms with E-state index in [1.54, 1.807) is 12.1 Å². The highest BCUT2D eigenvalue weighted by molar-refractivity contribution is 5.93. The third kappa shape index (κ3) is 4.19. The molecule has 0 spiro atoms. The van der Waals surface area contributed by atoms with Crippen LogP contribution in [0.25, 0.3) is 22.2 Å². The van der Waals surface area contributed by atoms with Crippen LogP contribution in [-0.2, 0) is 0 Å². The van der Waals surface area contributed by atoms with Gasteiger partial charge in [-0.1, -0.05) is 18.2 Å². The number of hydrogen-bond acceptors (Lipinski definition) is 6. The Morgan fingerprint density at radius 2 is 1.42 bits per heavy atom. The van der Waals surface area contributed by atoms with Crippen molar-refractivity contribution in [1.29, 1.82) is 0 Å². The second kappa shape index (κ2) is 8.29. The molecule has 2 heterocycles. The minimum atomic E-state index is -0.297. The quantitative estimate of drug-likeness (QED) is 0.519. The van der Waals surface area contributed by atoms with Crippen molar-refractivity contribution in [3.8, 4) is 22.8 Å². The molecule has 4 aromatic rings. The molecule has 0 unspecified atom stereocenters. The Bertz CT molecular complexity index is 1190. The monoisotopic (exact) mass is 416 g/mol. The van der Waals surface area contributed by atoms with Crippen LogP contribution in [-0.4, -0.2) is 46.4 Å². The fraction of sp³-hybridized carbons (Fsp3) is 0.167. The maximum atomic E-state index is 13.1. The first kappa shape index (κ1) is 19.4. The average Bonchev–Trinajstić information content (AvgIpc) is 2.81. The molecule has 0 bridgehead atoms. The summed E-state index contributed by atoms with van der Waals surface area (Å²) in [6, 6.07) is 21.6. The molecule has 1 saturated heterocycles. The Morgan fingerprint density at radius 1 is 0.774 bits per heavy atom. The van der Waals surface area contributed by atoms with Crippen molar-refractivity contribution in [3.63, 3.8) is 0 Å². The number of hydroxylamine groups is 2. The summed E-state index contributed by atoms with van der Waals surface area (Å²) < 4.78 is 18.9. The van der Waals surface area contributed by atoms with Gasteiger partial charge in [-0.05, 0) is 54.6 Å². The van der Waals surface area contributed by atoms with Gasteiger partial charge in [0.05, 0.1) is 11.2 Å². The third-order valence-electron chi connectivity index (χ3n) is 5.31. The lowest BCUT2D eigenvalue weighted by molar-refractivity contribution is -0.0937. The van der Waals surface area contributed by atoms with Crippen molar-refractivity contribution in [3.05, 3.63) is 78.6 Å². The van der Waals surface area contributed by atoms with Gasteiger partial charge in [0.1, 0.15) is 17.3 Å². The van der Waals surface area contributed by atoms with Crippen LogP contribution >= 0.6 is 0 Å². The molecule has 0 atom stereocenters. The molecule has 1 aliphatic rings. The molecule has 3 aromatic carbocycles. The zero-order chi connectivity index (χ0) is 21.2. The predicted octanol–water partition coefficient (Wildman–Crippen LogP) is 4.74. The molecular weight excluding hydrogens is 395 g/mol. The van der Waals surface area contributed by atoms with Crippen molar-refractivity contribution in [2.24, 2.45) is 0 Å². The van der Waals surface area contributed by atoms with Gasteiger partial charge < -0.3 is 14.8 Å². The van der Waals surface area contributed by atoms with Gasteiger partial charge >= 0.3 is 0 Å². The first-order chi connectivity index (χ1) is 15.2. The van der Waals surface area contributed by atoms with Gasteiger partial charge in [-0.2, -0.15) is 5.06 Å². The summed E-state index contributed by atoms with van der Waals surface area (Å²) in [5.41, 5.74) is 2.67. The first-order valence-corrected chi connectivity index (χ1v) is 10.2. The van der Waals surface area contributed by atoms with Gasteiger partial charge in [-0.25, -0.2) is 14.4 Å². The van der Waals surface area contributed by atoms with E-state index >= 15 is 0 Å². The smallest absolute Gasteiger partial charge is 0.226 e. The molecule has 31 heavy (non-hydrogen) atoms. The maximum absolute atomic E-state index is 13.1. The number of anilines is 1. The molecule has 1 N–H and O–H groups in total. The van der Waals surface area contributed by atoms with Crippen LogP contribution in [0.4, 0.5) is 10.3 Å². The van der Waals surface area contributed by atoms with Gasteiger partial charge in [0.25, 0.3) is 0 Å². The number of hydrogen-bond donors (Lipinski definition) is 1. The van der Waals surface area contributed by atoms with E-state index in [9.17, 15) is 9.60 Å². The highest BCUT2D eigenvalue weighted by Crippen LogP contribution is 2.31. The molecule has 7 heteroatoms. The minimum absolute atomic E-state index is 0.297. The zero-order valence-electron chi connectivity index (χ0n) is 16.8. The van der Waals surface area contributed by atoms with E-state index < -0.39 is 0 Å². The lowest BCUT2D eigenvalue weighted by Gasteiger charge is -2.31. The Hall–Kier alpha value is -3.55. The highest BCUT2D eigenvalue weighted by Gasteiger charge is 2.19. The molecule has 1 aliphatic heterocycles. The topological polar surface area (TPSA) is 61.7 Å². The Kier molecular flexibility index (Phi) is 5.19. The Balaban J connectivity index is 1.47. The van der Waals surface area contributed by atoms with E-state index in [0.717, 1.165) is 22.2 Å². The highest BCUT2D eigenvalue weighted by atomic mass is 19.1. The summed E-state index contributed by atoms with van der Waals surface area (Å²) in [6.07, 6.45) is 0. The second-order valence-electron chi connectivity index (χ2n) is 7.41. The van der Waals surface area contributed by atoms with Gasteiger partial charge in [-0.15, -0.1) is 0 Å². The average molecular weight is 416 g/mol. The molecular formula is C24H21FN4O2. The SMILES string of the molecule is ON1CCN(c2nc(-c3ccc(Oc4ccc(F)cc4)cc3)c3ccccc3n2)CC1. The number of ether oxygens (including phenoxy) is 1. The normalized spacial score (nSPS) is 14.7. The van der Waals surface area contributed by atoms with E-state index in [4.69, 9.17) is 14.7 Å². The molecule has 156 valence electrons. The third-order valence-corrected chi connectivity index (χ3v) is 5.31. The number of nitrogens with zero attached hydrogens (tertiary/aromatic N) is 4. The van der Waals surface area contributed by atoms with Crippen LogP contribution in [0.5, 0.6) is 11.5 Å². The Morgan fingerprint density at radius 3 is 2.13 bits per heavy atom. The molecule has 0 amide bonds. The van der Waals surface area contributed by atoms with Crippen molar-refractivity contribution < 1.29 is 14.3 Å². The molecule has 5 rings (SSSR count). The fourth-order valence-corrected chi connectivity index (χ4v) is 3.64. The molecule has 6 nitrogen and oxygen atoms in total. The van der Waals surface area contributed by atoms with Crippen LogP contribution < -0.4 is 9.64 Å². The largest absolute Gasteiger partial charge is 0.457 e. The van der Waals surface area contributed by atoms with E-state index in [1.165, 1.54) is 17.2 Å². The van der Waals surface area contributed by atoms with Gasteiger partial charge in [0.15, 0.2) is 0 Å². The summed E-state index contributed by atoms with van der Waals surface area (Å²) in [5.74, 6) is 1.60. The van der Waals surface area contributed by atoms with Crippen molar-refractivity contribution >= 4 is 16.9 Å². The van der Waals surface area contributed by atoms with E-state index in [1.807, 2.05) is 48.5 Å². The van der Waals surface area contributed by atoms with Crippen molar-refractivity contribution in [2.45, 2.75) is 0 Å². The van der Waals surface area contributed by atoms with Crippen LogP contribution in [0.15, 0.2) is 72.8 Å². The summed E-state index contributed by atoms with van der Waals surface area (Å²) >= 11 is 0. The van der Waals surface area contributed by atoms with Gasteiger partial charge in [-0.3, -0.25) is 0 Å². The van der Waals surface area contributed by atoms with Crippen LogP contribution in [0.1, 0.15) is 0 Å². The predicted molar refractivity (Wildman–Crippen MR) is 117 cm³/mol. The van der Waals surface area contributed by atoms with Crippen LogP contribution in [0, 0.1) is 5.82 Å². The van der Waals surface area contributed by atoms with Gasteiger partial charge in [0.2, 0.25) is 5.95 Å². The second-order valence-corrected chi connectivity index (χ2v) is 7.41. The lowest BCUT2D eigenvalue weighted by Crippen LogP contribution is -2.45. The van der Waals surface area contributed by atoms with Crippen molar-refractivity contribution in [1.82, 2.24) is 15.0 Å². The molecule has 1 fully saturated rings. The number of halogens is 1. The summed E-state index contributed by atoms with van der Waals surface area (Å²) in [6.45, 7) is 2.44. The van der Waals surface area contributed by atoms with E-state index in [2.05, 4.69) is 4.90 Å². The number of para-hydroxylation sites is 1. The van der Waals surface area contributed by atoms with E-state index in [-0.39, 0.29) is 5.82 Å². The molecule has 0 aliphatic carbocycles. The summed E-state index contributed by atoms with van der Waals surface area (Å²) in [4.78, 5) is 11.7. The number of piperazine rings is 1. The lowest BCUT2D eigenvalue weighted by atomic mass is 10.1. The van der Waals surface area contributed by atoms with E-state index in [0.29, 0.717) is 43.6 Å². The number of fused-ring (bicyclic) bond motifs is 1. The number of aromatic nitrogens is 2. The minimum Gasteiger partial charge on any atom is -0.457 e. The standard InChI is InChI=1S/C24H21FN4O2/c25-18-7-11-20(12-8-18)31-19-9-5-17(6-10-19)23-21-3-1-2-4-22(21)26-24(27-23)28-13-15-29(30)16-14-28/h1-12,30H,13-16H2. The number of benzene rings is 3. The fourth-order valence-electron chi connectivity index (χ4n) is 3.64. The first-order valence-electron chi connectivity index (χ1n) is 10.2. The molecule has 0 saturated carbocycles. The summed E-state index contributed by atoms with van der Waals surface area (Å²) in [7, 11) is 0. The number of rotatable bonds is 4. The van der Waals surface area contributed by atoms with Crippen LogP contribution in [0.2, 0.25) is 0 Å². The zero-order valence-corrected chi connectivity index (χ0v) is 16.8. The Labute approximate surface area is 179 Å². The molecule has 0 radical (unpaired) electrons. The molecule has 1 aromatic heterocycles. The maximum Gasteiger partial charge on any atom is 0.226 e. The van der Waals surface area contributed by atoms with Crippen LogP contribution in [0.3, 0.4) is 0 Å². The van der Waals surface area contributed by atoms with Crippen molar-refractivity contribution in [2.75, 3.05) is 31.1 Å². The van der Waals surface area contributed by atoms with Gasteiger partial charge in [0, 0.05) is 37.1 Å². The summed E-state index contributed by atoms with van der Waals surface area (Å²) in [5, 5.41) is 11.9.